The third-order valence-electron chi connectivity index (χ3n) is 3.61. The van der Waals surface area contributed by atoms with Gasteiger partial charge in [-0.1, -0.05) is 6.10 Å². The maximum atomic E-state index is 13.5. The van der Waals surface area contributed by atoms with Crippen LogP contribution in [-0.2, 0) is 0 Å². The number of halogens is 13. The van der Waals surface area contributed by atoms with Gasteiger partial charge < -0.3 is 9.59 Å². The van der Waals surface area contributed by atoms with Gasteiger partial charge in [-0.15, -0.1) is 0 Å². The van der Waals surface area contributed by atoms with Crippen molar-refractivity contribution in [1.82, 2.24) is 0 Å². The van der Waals surface area contributed by atoms with Gasteiger partial charge in [-0.3, -0.25) is 0 Å². The zero-order chi connectivity index (χ0) is 24.6. The van der Waals surface area contributed by atoms with Crippen LogP contribution in [-0.4, -0.2) is 85.6 Å². The van der Waals surface area contributed by atoms with E-state index < -0.39 is 59.8 Å². The summed E-state index contributed by atoms with van der Waals surface area (Å²) in [5.41, 5.74) is 0. The smallest absolute Gasteiger partial charge is 0.460 e. The van der Waals surface area contributed by atoms with Crippen LogP contribution in [0.5, 0.6) is 0 Å². The Labute approximate surface area is 167 Å². The lowest BCUT2D eigenvalue weighted by Crippen LogP contribution is -2.70. The zero-order valence-electron chi connectivity index (χ0n) is 15.6. The van der Waals surface area contributed by atoms with Crippen LogP contribution in [0.25, 0.3) is 0 Å². The summed E-state index contributed by atoms with van der Waals surface area (Å²) in [6.45, 7) is -0.0453. The molecule has 0 aliphatic heterocycles. The highest BCUT2D eigenvalue weighted by atomic mass is 32.2. The topological polar surface area (TPSA) is 23.1 Å². The van der Waals surface area contributed by atoms with Gasteiger partial charge in [-0.2, -0.15) is 68.8 Å². The zero-order valence-corrected chi connectivity index (χ0v) is 16.4. The lowest BCUT2D eigenvalue weighted by Gasteiger charge is -2.39. The molecule has 0 heterocycles. The molecule has 30 heavy (non-hydrogen) atoms. The second-order valence-corrected chi connectivity index (χ2v) is 8.57. The number of nitrogens with zero attached hydrogens (tertiary/aromatic N) is 1. The molecule has 0 rings (SSSR count). The molecule has 0 saturated carbocycles. The molecule has 0 bridgehead atoms. The summed E-state index contributed by atoms with van der Waals surface area (Å²) >= 11 is 0.277. The molecule has 0 saturated heterocycles. The van der Waals surface area contributed by atoms with Gasteiger partial charge in [-0.25, -0.2) is 0 Å². The van der Waals surface area contributed by atoms with Gasteiger partial charge in [0.25, 0.3) is 0 Å². The highest BCUT2D eigenvalue weighted by molar-refractivity contribution is 7.99. The molecule has 0 radical (unpaired) electrons. The fraction of sp³-hybridized carbons (Fsp3) is 1.00. The Morgan fingerprint density at radius 3 is 1.47 bits per heavy atom. The van der Waals surface area contributed by atoms with Gasteiger partial charge in [0, 0.05) is 6.42 Å². The first-order chi connectivity index (χ1) is 12.9. The van der Waals surface area contributed by atoms with Crippen molar-refractivity contribution in [2.75, 3.05) is 39.2 Å². The maximum absolute atomic E-state index is 13.5. The van der Waals surface area contributed by atoms with E-state index in [2.05, 4.69) is 0 Å². The number of hydrogen-bond donors (Lipinski definition) is 0. The van der Waals surface area contributed by atoms with Crippen molar-refractivity contribution in [2.24, 2.45) is 0 Å². The SMILES string of the molecule is C[N+](C)(C)CC([O-])CSCCC(F)(F)C(F)(F)C(F)(F)C(F)(F)C(F)(F)C(F)(F)F. The number of rotatable bonds is 11. The molecular formula is C14H18F13NOS. The van der Waals surface area contributed by atoms with E-state index in [-0.39, 0.29) is 22.8 Å². The molecule has 0 fully saturated rings. The van der Waals surface area contributed by atoms with E-state index in [1.165, 1.54) is 0 Å². The van der Waals surface area contributed by atoms with E-state index >= 15 is 0 Å². The van der Waals surface area contributed by atoms with Crippen LogP contribution in [0.3, 0.4) is 0 Å². The van der Waals surface area contributed by atoms with Gasteiger partial charge in [-0.05, 0) is 11.5 Å². The van der Waals surface area contributed by atoms with Gasteiger partial charge in [0.1, 0.15) is 0 Å². The number of hydrogen-bond acceptors (Lipinski definition) is 2. The van der Waals surface area contributed by atoms with Crippen LogP contribution >= 0.6 is 11.8 Å². The van der Waals surface area contributed by atoms with E-state index in [0.717, 1.165) is 0 Å². The van der Waals surface area contributed by atoms with Gasteiger partial charge in [0.15, 0.2) is 0 Å². The van der Waals surface area contributed by atoms with Gasteiger partial charge in [0.05, 0.1) is 27.7 Å². The molecule has 1 unspecified atom stereocenters. The Morgan fingerprint density at radius 2 is 1.10 bits per heavy atom. The summed E-state index contributed by atoms with van der Waals surface area (Å²) < 4.78 is 168. The molecule has 0 aliphatic carbocycles. The monoisotopic (exact) mass is 495 g/mol. The molecule has 0 aliphatic rings. The summed E-state index contributed by atoms with van der Waals surface area (Å²) in [6.07, 6.45) is -11.1. The minimum absolute atomic E-state index is 0.0453. The summed E-state index contributed by atoms with van der Waals surface area (Å²) in [6, 6.07) is 0. The van der Waals surface area contributed by atoms with Crippen molar-refractivity contribution in [1.29, 1.82) is 0 Å². The molecule has 0 aromatic carbocycles. The summed E-state index contributed by atoms with van der Waals surface area (Å²) in [7, 11) is 4.76. The second-order valence-electron chi connectivity index (χ2n) is 7.42. The number of quaternary nitrogens is 1. The van der Waals surface area contributed by atoms with Crippen molar-refractivity contribution < 1.29 is 66.7 Å². The largest absolute Gasteiger partial charge is 0.847 e. The quantitative estimate of drug-likeness (QED) is 0.243. The maximum Gasteiger partial charge on any atom is 0.460 e. The van der Waals surface area contributed by atoms with Crippen LogP contribution < -0.4 is 5.11 Å². The van der Waals surface area contributed by atoms with Gasteiger partial charge >= 0.3 is 35.8 Å². The number of likely N-dealkylation sites (N-methyl/N-ethyl adjacent to an activating group) is 1. The Hall–Kier alpha value is -0.640. The Kier molecular flexibility index (Phi) is 8.53. The molecule has 0 aromatic rings. The number of thioether (sulfide) groups is 1. The van der Waals surface area contributed by atoms with E-state index in [4.69, 9.17) is 0 Å². The van der Waals surface area contributed by atoms with Crippen LogP contribution in [0.1, 0.15) is 6.42 Å². The molecule has 16 heteroatoms. The van der Waals surface area contributed by atoms with Crippen molar-refractivity contribution in [3.8, 4) is 0 Å². The normalized spacial score (nSPS) is 16.7. The van der Waals surface area contributed by atoms with E-state index in [1.54, 1.807) is 21.1 Å². The molecule has 0 N–H and O–H groups in total. The molecule has 0 spiro atoms. The van der Waals surface area contributed by atoms with Crippen LogP contribution in [0.4, 0.5) is 57.1 Å². The van der Waals surface area contributed by atoms with Gasteiger partial charge in [0.2, 0.25) is 0 Å². The first kappa shape index (κ1) is 29.4. The first-order valence-corrected chi connectivity index (χ1v) is 9.00. The molecule has 1 atom stereocenters. The molecule has 0 amide bonds. The van der Waals surface area contributed by atoms with Crippen LogP contribution in [0.15, 0.2) is 0 Å². The summed E-state index contributed by atoms with van der Waals surface area (Å²) in [5, 5.41) is 11.6. The van der Waals surface area contributed by atoms with E-state index in [1.807, 2.05) is 0 Å². The highest BCUT2D eigenvalue weighted by Crippen LogP contribution is 2.60. The van der Waals surface area contributed by atoms with Crippen molar-refractivity contribution in [3.63, 3.8) is 0 Å². The van der Waals surface area contributed by atoms with Crippen molar-refractivity contribution in [3.05, 3.63) is 0 Å². The fourth-order valence-corrected chi connectivity index (χ4v) is 2.97. The van der Waals surface area contributed by atoms with Crippen LogP contribution in [0, 0.1) is 0 Å². The highest BCUT2D eigenvalue weighted by Gasteiger charge is 2.90. The molecule has 0 aromatic heterocycles. The lowest BCUT2D eigenvalue weighted by molar-refractivity contribution is -0.879. The lowest BCUT2D eigenvalue weighted by atomic mass is 9.93. The average molecular weight is 495 g/mol. The predicted octanol–water partition coefficient (Wildman–Crippen LogP) is 4.28. The number of alkyl halides is 13. The van der Waals surface area contributed by atoms with E-state index in [9.17, 15) is 62.2 Å². The molecular weight excluding hydrogens is 477 g/mol. The van der Waals surface area contributed by atoms with Crippen molar-refractivity contribution in [2.45, 2.75) is 48.3 Å². The summed E-state index contributed by atoms with van der Waals surface area (Å²) in [5.74, 6) is -38.4. The summed E-state index contributed by atoms with van der Waals surface area (Å²) in [4.78, 5) is 0. The Balaban J connectivity index is 5.42. The minimum atomic E-state index is -7.89. The Morgan fingerprint density at radius 1 is 0.700 bits per heavy atom. The second kappa shape index (κ2) is 8.71. The average Bonchev–Trinajstić information content (AvgIpc) is 2.47. The van der Waals surface area contributed by atoms with Crippen LogP contribution in [0.2, 0.25) is 0 Å². The first-order valence-electron chi connectivity index (χ1n) is 7.85. The minimum Gasteiger partial charge on any atom is -0.847 e. The fourth-order valence-electron chi connectivity index (χ4n) is 2.04. The molecule has 2 nitrogen and oxygen atoms in total. The molecule has 182 valence electrons. The standard InChI is InChI=1S/C14H18F13NOS/c1-28(2,3)6-8(29)7-30-5-4-9(15,16)10(17,18)11(19,20)12(21,22)13(23,24)14(25,26)27/h8H,4-7H2,1-3H3. The van der Waals surface area contributed by atoms with E-state index in [0.29, 0.717) is 0 Å². The van der Waals surface area contributed by atoms with Crippen molar-refractivity contribution >= 4 is 11.8 Å². The predicted molar refractivity (Wildman–Crippen MR) is 79.4 cm³/mol. The third-order valence-corrected chi connectivity index (χ3v) is 4.71. The Bertz CT molecular complexity index is 571. The third kappa shape index (κ3) is 5.78.